The molecule has 0 spiro atoms. The van der Waals surface area contributed by atoms with Crippen molar-refractivity contribution >= 4 is 39.7 Å². The van der Waals surface area contributed by atoms with Crippen LogP contribution < -0.4 is 10.9 Å². The number of carbonyl (C=O) groups excluding carboxylic acids is 1. The molecule has 124 valence electrons. The number of carbonyl (C=O) groups is 1. The van der Waals surface area contributed by atoms with Crippen molar-refractivity contribution in [1.82, 2.24) is 9.38 Å². The van der Waals surface area contributed by atoms with E-state index in [0.29, 0.717) is 22.2 Å². The number of thiazole rings is 1. The van der Waals surface area contributed by atoms with Crippen LogP contribution in [-0.4, -0.2) is 21.0 Å². The Morgan fingerprint density at radius 2 is 2.12 bits per heavy atom. The van der Waals surface area contributed by atoms with Crippen LogP contribution in [0.3, 0.4) is 0 Å². The first-order valence-electron chi connectivity index (χ1n) is 7.44. The van der Waals surface area contributed by atoms with Crippen LogP contribution >= 0.6 is 23.1 Å². The van der Waals surface area contributed by atoms with Gasteiger partial charge < -0.3 is 5.32 Å². The molecule has 2 aromatic heterocycles. The van der Waals surface area contributed by atoms with Crippen molar-refractivity contribution in [2.75, 3.05) is 11.1 Å². The third-order valence-electron chi connectivity index (χ3n) is 3.53. The van der Waals surface area contributed by atoms with Crippen LogP contribution in [0.4, 0.5) is 5.69 Å². The first kappa shape index (κ1) is 16.7. The molecule has 1 aromatic carbocycles. The maximum Gasteiger partial charge on any atom is 0.258 e. The SMILES string of the molecule is Cc1ccccc1NC(=O)CSCc1cc(=O)n2c(C)csc2n1. The smallest absolute Gasteiger partial charge is 0.258 e. The third-order valence-corrected chi connectivity index (χ3v) is 5.44. The number of fused-ring (bicyclic) bond motifs is 1. The standard InChI is InChI=1S/C17H17N3O2S2/c1-11-5-3-4-6-14(11)19-15(21)10-23-9-13-7-16(22)20-12(2)8-24-17(20)18-13/h3-8H,9-10H2,1-2H3,(H,19,21). The van der Waals surface area contributed by atoms with Crippen molar-refractivity contribution in [3.63, 3.8) is 0 Å². The summed E-state index contributed by atoms with van der Waals surface area (Å²) in [4.78, 5) is 29.3. The summed E-state index contributed by atoms with van der Waals surface area (Å²) in [6.45, 7) is 3.84. The van der Waals surface area contributed by atoms with E-state index in [0.717, 1.165) is 16.9 Å². The van der Waals surface area contributed by atoms with E-state index in [1.165, 1.54) is 23.1 Å². The Morgan fingerprint density at radius 3 is 2.92 bits per heavy atom. The van der Waals surface area contributed by atoms with Gasteiger partial charge in [0.2, 0.25) is 5.91 Å². The van der Waals surface area contributed by atoms with Gasteiger partial charge in [0.15, 0.2) is 4.96 Å². The number of rotatable bonds is 5. The van der Waals surface area contributed by atoms with Gasteiger partial charge in [-0.1, -0.05) is 18.2 Å². The Morgan fingerprint density at radius 1 is 1.33 bits per heavy atom. The second kappa shape index (κ2) is 7.19. The van der Waals surface area contributed by atoms with Crippen molar-refractivity contribution in [3.8, 4) is 0 Å². The Hall–Kier alpha value is -2.12. The number of anilines is 1. The second-order valence-electron chi connectivity index (χ2n) is 5.44. The molecule has 0 aliphatic rings. The second-order valence-corrected chi connectivity index (χ2v) is 7.26. The fourth-order valence-electron chi connectivity index (χ4n) is 2.32. The molecular weight excluding hydrogens is 342 g/mol. The van der Waals surface area contributed by atoms with Crippen molar-refractivity contribution < 1.29 is 4.79 Å². The molecule has 0 atom stereocenters. The minimum Gasteiger partial charge on any atom is -0.325 e. The van der Waals surface area contributed by atoms with Crippen molar-refractivity contribution in [2.45, 2.75) is 19.6 Å². The molecule has 7 heteroatoms. The molecule has 0 unspecified atom stereocenters. The van der Waals surface area contributed by atoms with E-state index in [1.54, 1.807) is 10.5 Å². The molecule has 2 heterocycles. The fourth-order valence-corrected chi connectivity index (χ4v) is 3.93. The number of aryl methyl sites for hydroxylation is 2. The minimum atomic E-state index is -0.0706. The number of para-hydroxylation sites is 1. The lowest BCUT2D eigenvalue weighted by Crippen LogP contribution is -2.16. The monoisotopic (exact) mass is 359 g/mol. The van der Waals surface area contributed by atoms with Crippen molar-refractivity contribution in [1.29, 1.82) is 0 Å². The van der Waals surface area contributed by atoms with Gasteiger partial charge in [0.1, 0.15) is 0 Å². The van der Waals surface area contributed by atoms with E-state index in [-0.39, 0.29) is 11.5 Å². The number of benzene rings is 1. The van der Waals surface area contributed by atoms with Crippen LogP contribution in [-0.2, 0) is 10.5 Å². The molecule has 0 radical (unpaired) electrons. The van der Waals surface area contributed by atoms with Gasteiger partial charge in [-0.05, 0) is 25.5 Å². The van der Waals surface area contributed by atoms with E-state index in [9.17, 15) is 9.59 Å². The highest BCUT2D eigenvalue weighted by molar-refractivity contribution is 7.99. The predicted octanol–water partition coefficient (Wildman–Crippen LogP) is 3.24. The van der Waals surface area contributed by atoms with E-state index in [1.807, 2.05) is 43.5 Å². The van der Waals surface area contributed by atoms with Crippen LogP contribution in [0.1, 0.15) is 17.0 Å². The summed E-state index contributed by atoms with van der Waals surface area (Å²) in [5.74, 6) is 0.794. The van der Waals surface area contributed by atoms with Crippen LogP contribution in [0.2, 0.25) is 0 Å². The molecule has 0 aliphatic carbocycles. The van der Waals surface area contributed by atoms with Gasteiger partial charge in [0.05, 0.1) is 11.4 Å². The van der Waals surface area contributed by atoms with Gasteiger partial charge >= 0.3 is 0 Å². The summed E-state index contributed by atoms with van der Waals surface area (Å²) in [6.07, 6.45) is 0. The molecule has 1 amide bonds. The molecule has 24 heavy (non-hydrogen) atoms. The Bertz CT molecular complexity index is 946. The average molecular weight is 359 g/mol. The summed E-state index contributed by atoms with van der Waals surface area (Å²) in [5, 5.41) is 4.81. The number of nitrogens with zero attached hydrogens (tertiary/aromatic N) is 2. The quantitative estimate of drug-likeness (QED) is 0.760. The molecule has 5 nitrogen and oxygen atoms in total. The van der Waals surface area contributed by atoms with Gasteiger partial charge in [-0.2, -0.15) is 0 Å². The van der Waals surface area contributed by atoms with Gasteiger partial charge in [-0.15, -0.1) is 23.1 Å². The molecule has 0 saturated carbocycles. The van der Waals surface area contributed by atoms with Crippen LogP contribution in [0, 0.1) is 13.8 Å². The Balaban J connectivity index is 1.59. The number of hydrogen-bond donors (Lipinski definition) is 1. The zero-order valence-electron chi connectivity index (χ0n) is 13.4. The lowest BCUT2D eigenvalue weighted by atomic mass is 10.2. The number of amides is 1. The molecule has 0 fully saturated rings. The van der Waals surface area contributed by atoms with Gasteiger partial charge in [-0.3, -0.25) is 14.0 Å². The topological polar surface area (TPSA) is 63.5 Å². The number of aromatic nitrogens is 2. The average Bonchev–Trinajstić information content (AvgIpc) is 2.91. The third kappa shape index (κ3) is 3.68. The van der Waals surface area contributed by atoms with E-state index < -0.39 is 0 Å². The summed E-state index contributed by atoms with van der Waals surface area (Å²) >= 11 is 2.89. The summed E-state index contributed by atoms with van der Waals surface area (Å²) in [6, 6.07) is 9.21. The molecular formula is C17H17N3O2S2. The zero-order valence-corrected chi connectivity index (χ0v) is 15.0. The number of hydrogen-bond acceptors (Lipinski definition) is 5. The molecule has 3 aromatic rings. The van der Waals surface area contributed by atoms with Gasteiger partial charge in [0, 0.05) is 28.6 Å². The molecule has 3 rings (SSSR count). The fraction of sp³-hybridized carbons (Fsp3) is 0.235. The maximum atomic E-state index is 12.1. The van der Waals surface area contributed by atoms with Gasteiger partial charge in [-0.25, -0.2) is 4.98 Å². The highest BCUT2D eigenvalue weighted by Gasteiger charge is 2.08. The Kier molecular flexibility index (Phi) is 5.01. The maximum absolute atomic E-state index is 12.1. The number of nitrogens with one attached hydrogen (secondary N) is 1. The van der Waals surface area contributed by atoms with E-state index >= 15 is 0 Å². The molecule has 0 saturated heterocycles. The molecule has 0 aliphatic heterocycles. The van der Waals surface area contributed by atoms with Crippen LogP contribution in [0.25, 0.3) is 4.96 Å². The largest absolute Gasteiger partial charge is 0.325 e. The van der Waals surface area contributed by atoms with Crippen LogP contribution in [0.5, 0.6) is 0 Å². The zero-order chi connectivity index (χ0) is 17.1. The summed E-state index contributed by atoms with van der Waals surface area (Å²) in [5.41, 5.74) is 3.39. The highest BCUT2D eigenvalue weighted by Crippen LogP contribution is 2.16. The minimum absolute atomic E-state index is 0.0564. The molecule has 0 bridgehead atoms. The summed E-state index contributed by atoms with van der Waals surface area (Å²) in [7, 11) is 0. The lowest BCUT2D eigenvalue weighted by molar-refractivity contribution is -0.113. The van der Waals surface area contributed by atoms with Gasteiger partial charge in [0.25, 0.3) is 5.56 Å². The van der Waals surface area contributed by atoms with Crippen LogP contribution in [0.15, 0.2) is 40.5 Å². The lowest BCUT2D eigenvalue weighted by Gasteiger charge is -2.07. The normalized spacial score (nSPS) is 10.9. The van der Waals surface area contributed by atoms with Crippen molar-refractivity contribution in [3.05, 3.63) is 63.0 Å². The first-order valence-corrected chi connectivity index (χ1v) is 9.48. The predicted molar refractivity (Wildman–Crippen MR) is 100 cm³/mol. The van der Waals surface area contributed by atoms with Crippen molar-refractivity contribution in [2.24, 2.45) is 0 Å². The molecule has 1 N–H and O–H groups in total. The summed E-state index contributed by atoms with van der Waals surface area (Å²) < 4.78 is 1.60. The highest BCUT2D eigenvalue weighted by atomic mass is 32.2. The Labute approximate surface area is 147 Å². The van der Waals surface area contributed by atoms with E-state index in [2.05, 4.69) is 10.3 Å². The number of thioether (sulfide) groups is 1. The first-order chi connectivity index (χ1) is 11.5. The van der Waals surface area contributed by atoms with E-state index in [4.69, 9.17) is 0 Å².